The van der Waals surface area contributed by atoms with Gasteiger partial charge in [0.05, 0.1) is 6.61 Å². The molecule has 4 aliphatic heterocycles. The van der Waals surface area contributed by atoms with E-state index in [1.54, 1.807) is 14.0 Å². The summed E-state index contributed by atoms with van der Waals surface area (Å²) in [5.74, 6) is 1.35. The molecule has 0 atom stereocenters. The molecule has 0 N–H and O–H groups in total. The third-order valence-electron chi connectivity index (χ3n) is 9.99. The fraction of sp³-hybridized carbons (Fsp3) is 0.659. The Bertz CT molecular complexity index is 1220. The molecule has 0 radical (unpaired) electrons. The van der Waals surface area contributed by atoms with Crippen molar-refractivity contribution in [2.45, 2.75) is 52.9 Å². The number of carbonyl (C=O) groups excluding carboxylic acids is 2. The maximum Gasteiger partial charge on any atom is 0.253 e. The molecule has 10 heteroatoms. The molecular formula is C41H68N6O4. The predicted octanol–water partition coefficient (Wildman–Crippen LogP) is 4.75. The number of likely N-dealkylation sites (tertiary alicyclic amines) is 2. The largest absolute Gasteiger partial charge is 0.492 e. The molecule has 2 aromatic rings. The van der Waals surface area contributed by atoms with Gasteiger partial charge >= 0.3 is 0 Å². The summed E-state index contributed by atoms with van der Waals surface area (Å²) < 4.78 is 10.7. The minimum absolute atomic E-state index is 0.160. The van der Waals surface area contributed by atoms with Crippen LogP contribution in [0.25, 0.3) is 0 Å². The Labute approximate surface area is 309 Å². The van der Waals surface area contributed by atoms with Crippen LogP contribution in [0.5, 0.6) is 5.75 Å². The van der Waals surface area contributed by atoms with Crippen molar-refractivity contribution in [1.82, 2.24) is 29.4 Å². The van der Waals surface area contributed by atoms with Crippen molar-refractivity contribution in [1.29, 1.82) is 0 Å². The van der Waals surface area contributed by atoms with E-state index in [0.717, 1.165) is 90.0 Å². The average Bonchev–Trinajstić information content (AvgIpc) is 3.67. The Morgan fingerprint density at radius 1 is 0.569 bits per heavy atom. The van der Waals surface area contributed by atoms with Crippen molar-refractivity contribution >= 4 is 11.8 Å². The first-order valence-corrected chi connectivity index (χ1v) is 19.3. The number of nitrogens with zero attached hydrogens (tertiary/aromatic N) is 6. The molecule has 51 heavy (non-hydrogen) atoms. The number of piperazine rings is 2. The van der Waals surface area contributed by atoms with Crippen molar-refractivity contribution in [3.8, 4) is 5.75 Å². The van der Waals surface area contributed by atoms with Gasteiger partial charge in [0, 0.05) is 85.0 Å². The minimum Gasteiger partial charge on any atom is -0.492 e. The lowest BCUT2D eigenvalue weighted by molar-refractivity contribution is -0.130. The molecule has 4 fully saturated rings. The van der Waals surface area contributed by atoms with E-state index in [-0.39, 0.29) is 11.8 Å². The van der Waals surface area contributed by atoms with E-state index in [2.05, 4.69) is 52.8 Å². The summed E-state index contributed by atoms with van der Waals surface area (Å²) in [5, 5.41) is 0. The standard InChI is InChI=1S/C13H18N2O.C13H19NO.C8H17NO.C7H14N2O/c1-11-3-5-12(6-4-11)13(16)15-9-7-14(2)8-10-15;1-12-4-6-13(7-5-12)15-11-10-14-8-2-3-9-14;1-10-8-7-9-5-3-2-4-6-9;1-7(10)9-5-3-8(2)4-6-9/h3-6H,7-10H2,1-2H3;4-7H,2-3,8-11H2,1H3;2-8H2,1H3;3-6H2,1-2H3. The molecule has 0 saturated carbocycles. The molecular weight excluding hydrogens is 640 g/mol. The highest BCUT2D eigenvalue weighted by atomic mass is 16.5. The SMILES string of the molecule is CC(=O)N1CCN(C)CC1.COCCN1CCCCC1.Cc1ccc(C(=O)N2CCN(C)CC2)cc1.Cc1ccc(OCCN2CCCC2)cc1. The van der Waals surface area contributed by atoms with Crippen molar-refractivity contribution in [2.24, 2.45) is 0 Å². The smallest absolute Gasteiger partial charge is 0.253 e. The van der Waals surface area contributed by atoms with Gasteiger partial charge in [0.1, 0.15) is 12.4 Å². The molecule has 286 valence electrons. The van der Waals surface area contributed by atoms with E-state index in [4.69, 9.17) is 9.47 Å². The monoisotopic (exact) mass is 709 g/mol. The van der Waals surface area contributed by atoms with Gasteiger partial charge in [-0.25, -0.2) is 0 Å². The first-order valence-electron chi connectivity index (χ1n) is 19.3. The minimum atomic E-state index is 0.160. The van der Waals surface area contributed by atoms with Crippen LogP contribution in [-0.4, -0.2) is 167 Å². The molecule has 0 unspecified atom stereocenters. The lowest BCUT2D eigenvalue weighted by atomic mass is 10.1. The van der Waals surface area contributed by atoms with Crippen LogP contribution < -0.4 is 4.74 Å². The lowest BCUT2D eigenvalue weighted by Crippen LogP contribution is -2.47. The quantitative estimate of drug-likeness (QED) is 0.390. The second kappa shape index (κ2) is 24.3. The van der Waals surface area contributed by atoms with E-state index in [0.29, 0.717) is 0 Å². The van der Waals surface area contributed by atoms with Gasteiger partial charge in [-0.05, 0) is 104 Å². The second-order valence-electron chi connectivity index (χ2n) is 14.4. The maximum absolute atomic E-state index is 12.1. The number of benzene rings is 2. The van der Waals surface area contributed by atoms with Crippen LogP contribution in [0.15, 0.2) is 48.5 Å². The van der Waals surface area contributed by atoms with Crippen LogP contribution in [0.2, 0.25) is 0 Å². The van der Waals surface area contributed by atoms with Gasteiger partial charge in [-0.2, -0.15) is 0 Å². The van der Waals surface area contributed by atoms with Crippen LogP contribution in [0, 0.1) is 13.8 Å². The number of ether oxygens (including phenoxy) is 2. The Balaban J connectivity index is 0.000000188. The molecule has 0 bridgehead atoms. The topological polar surface area (TPSA) is 72.0 Å². The molecule has 2 amide bonds. The molecule has 6 rings (SSSR count). The van der Waals surface area contributed by atoms with E-state index < -0.39 is 0 Å². The molecule has 10 nitrogen and oxygen atoms in total. The van der Waals surface area contributed by atoms with Crippen molar-refractivity contribution in [2.75, 3.05) is 126 Å². The van der Waals surface area contributed by atoms with Crippen LogP contribution >= 0.6 is 0 Å². The second-order valence-corrected chi connectivity index (χ2v) is 14.4. The summed E-state index contributed by atoms with van der Waals surface area (Å²) in [7, 11) is 5.94. The fourth-order valence-electron chi connectivity index (χ4n) is 6.35. The number of piperidine rings is 1. The van der Waals surface area contributed by atoms with Gasteiger partial charge in [-0.1, -0.05) is 41.8 Å². The van der Waals surface area contributed by atoms with Crippen LogP contribution in [0.1, 0.15) is 60.5 Å². The molecule has 0 spiro atoms. The number of methoxy groups -OCH3 is 1. The van der Waals surface area contributed by atoms with Gasteiger partial charge in [0.15, 0.2) is 0 Å². The first-order chi connectivity index (χ1) is 24.6. The lowest BCUT2D eigenvalue weighted by Gasteiger charge is -2.32. The summed E-state index contributed by atoms with van der Waals surface area (Å²) >= 11 is 0. The summed E-state index contributed by atoms with van der Waals surface area (Å²) in [4.78, 5) is 36.2. The van der Waals surface area contributed by atoms with Crippen molar-refractivity contribution < 1.29 is 19.1 Å². The molecule has 2 aromatic carbocycles. The van der Waals surface area contributed by atoms with Gasteiger partial charge < -0.3 is 34.0 Å². The van der Waals surface area contributed by atoms with E-state index >= 15 is 0 Å². The number of hydrogen-bond acceptors (Lipinski definition) is 8. The summed E-state index contributed by atoms with van der Waals surface area (Å²) in [6.45, 7) is 22.1. The number of hydrogen-bond donors (Lipinski definition) is 0. The van der Waals surface area contributed by atoms with Gasteiger partial charge in [-0.15, -0.1) is 0 Å². The van der Waals surface area contributed by atoms with E-state index in [1.807, 2.05) is 53.1 Å². The number of amides is 2. The fourth-order valence-corrected chi connectivity index (χ4v) is 6.35. The average molecular weight is 709 g/mol. The summed E-state index contributed by atoms with van der Waals surface area (Å²) in [6.07, 6.45) is 6.88. The van der Waals surface area contributed by atoms with Crippen LogP contribution in [0.4, 0.5) is 0 Å². The van der Waals surface area contributed by atoms with Crippen LogP contribution in [-0.2, 0) is 9.53 Å². The summed E-state index contributed by atoms with van der Waals surface area (Å²) in [6, 6.07) is 16.1. The molecule has 4 aliphatic rings. The van der Waals surface area contributed by atoms with Crippen molar-refractivity contribution in [3.63, 3.8) is 0 Å². The normalized spacial score (nSPS) is 18.8. The van der Waals surface area contributed by atoms with Crippen LogP contribution in [0.3, 0.4) is 0 Å². The highest BCUT2D eigenvalue weighted by Crippen LogP contribution is 2.13. The van der Waals surface area contributed by atoms with E-state index in [1.165, 1.54) is 69.4 Å². The van der Waals surface area contributed by atoms with Gasteiger partial charge in [-0.3, -0.25) is 14.5 Å². The zero-order valence-electron chi connectivity index (χ0n) is 32.8. The molecule has 4 heterocycles. The summed E-state index contributed by atoms with van der Waals surface area (Å²) in [5.41, 5.74) is 3.27. The number of aryl methyl sites for hydroxylation is 2. The Kier molecular flexibility index (Phi) is 20.2. The third-order valence-corrected chi connectivity index (χ3v) is 9.99. The number of carbonyl (C=O) groups is 2. The Morgan fingerprint density at radius 2 is 1.00 bits per heavy atom. The van der Waals surface area contributed by atoms with Crippen molar-refractivity contribution in [3.05, 3.63) is 65.2 Å². The zero-order valence-corrected chi connectivity index (χ0v) is 32.8. The zero-order chi connectivity index (χ0) is 36.8. The highest BCUT2D eigenvalue weighted by Gasteiger charge is 2.20. The highest BCUT2D eigenvalue weighted by molar-refractivity contribution is 5.94. The first kappa shape index (κ1) is 42.4. The maximum atomic E-state index is 12.1. The van der Waals surface area contributed by atoms with Gasteiger partial charge in [0.2, 0.25) is 5.91 Å². The van der Waals surface area contributed by atoms with Gasteiger partial charge in [0.25, 0.3) is 5.91 Å². The number of rotatable bonds is 8. The van der Waals surface area contributed by atoms with E-state index in [9.17, 15) is 9.59 Å². The molecule has 0 aromatic heterocycles. The molecule has 4 saturated heterocycles. The predicted molar refractivity (Wildman–Crippen MR) is 209 cm³/mol. The molecule has 0 aliphatic carbocycles. The number of likely N-dealkylation sites (N-methyl/N-ethyl adjacent to an activating group) is 2. The Morgan fingerprint density at radius 3 is 1.47 bits per heavy atom. The third kappa shape index (κ3) is 17.4. The Hall–Kier alpha value is -3.02.